The molecule has 86 valence electrons. The lowest BCUT2D eigenvalue weighted by atomic mass is 10.1. The molecule has 0 spiro atoms. The molecule has 1 aromatic carbocycles. The van der Waals surface area contributed by atoms with Crippen molar-refractivity contribution < 1.29 is 0 Å². The number of benzene rings is 1. The lowest BCUT2D eigenvalue weighted by molar-refractivity contribution is 0.933. The fourth-order valence-electron chi connectivity index (χ4n) is 1.57. The number of hydrogen-bond donors (Lipinski definition) is 0. The van der Waals surface area contributed by atoms with Gasteiger partial charge in [0.05, 0.1) is 5.71 Å². The normalized spacial score (nSPS) is 11.3. The number of nitrogens with zero attached hydrogens (tertiary/aromatic N) is 2. The predicted molar refractivity (Wildman–Crippen MR) is 72.7 cm³/mol. The van der Waals surface area contributed by atoms with Gasteiger partial charge in [-0.1, -0.05) is 31.7 Å². The molecule has 0 atom stereocenters. The van der Waals surface area contributed by atoms with Crippen LogP contribution in [0, 0.1) is 0 Å². The summed E-state index contributed by atoms with van der Waals surface area (Å²) in [6, 6.07) is 8.26. The molecule has 0 aliphatic carbocycles. The Labute approximate surface area is 98.3 Å². The molecule has 1 rings (SSSR count). The van der Waals surface area contributed by atoms with Gasteiger partial charge in [0, 0.05) is 31.9 Å². The molecule has 16 heavy (non-hydrogen) atoms. The van der Waals surface area contributed by atoms with Gasteiger partial charge in [0.2, 0.25) is 0 Å². The molecule has 0 aliphatic heterocycles. The van der Waals surface area contributed by atoms with Crippen LogP contribution >= 0.6 is 0 Å². The Kier molecular flexibility index (Phi) is 4.77. The highest BCUT2D eigenvalue weighted by Crippen LogP contribution is 2.19. The summed E-state index contributed by atoms with van der Waals surface area (Å²) in [7, 11) is 4.08. The molecular formula is C14H20N2. The van der Waals surface area contributed by atoms with Gasteiger partial charge in [0.25, 0.3) is 0 Å². The molecule has 2 nitrogen and oxygen atoms in total. The van der Waals surface area contributed by atoms with Crippen LogP contribution in [-0.2, 0) is 0 Å². The predicted octanol–water partition coefficient (Wildman–Crippen LogP) is 3.14. The van der Waals surface area contributed by atoms with Gasteiger partial charge >= 0.3 is 0 Å². The van der Waals surface area contributed by atoms with E-state index in [1.807, 2.05) is 32.3 Å². The summed E-state index contributed by atoms with van der Waals surface area (Å²) >= 11 is 0. The van der Waals surface area contributed by atoms with Gasteiger partial charge in [-0.3, -0.25) is 4.99 Å². The Morgan fingerprint density at radius 1 is 1.38 bits per heavy atom. The number of rotatable bonds is 5. The van der Waals surface area contributed by atoms with Crippen LogP contribution in [0.4, 0.5) is 5.69 Å². The average molecular weight is 216 g/mol. The van der Waals surface area contributed by atoms with Crippen molar-refractivity contribution in [2.45, 2.75) is 13.3 Å². The first kappa shape index (κ1) is 12.5. The minimum atomic E-state index is 0.850. The molecule has 0 N–H and O–H groups in total. The minimum Gasteiger partial charge on any atom is -0.377 e. The van der Waals surface area contributed by atoms with E-state index in [1.54, 1.807) is 0 Å². The number of anilines is 1. The monoisotopic (exact) mass is 216 g/mol. The van der Waals surface area contributed by atoms with Crippen LogP contribution < -0.4 is 4.90 Å². The van der Waals surface area contributed by atoms with E-state index in [9.17, 15) is 0 Å². The standard InChI is InChI=1S/C14H20N2/c1-5-11-15-13(6-2)12-9-7-8-10-14(12)16(3)4/h6-10H,2,5,11H2,1,3-4H3. The Morgan fingerprint density at radius 3 is 2.62 bits per heavy atom. The van der Waals surface area contributed by atoms with Crippen molar-refractivity contribution in [3.63, 3.8) is 0 Å². The molecular weight excluding hydrogens is 196 g/mol. The van der Waals surface area contributed by atoms with Gasteiger partial charge in [0.1, 0.15) is 0 Å². The summed E-state index contributed by atoms with van der Waals surface area (Å²) in [6.45, 7) is 6.82. The van der Waals surface area contributed by atoms with Crippen LogP contribution in [0.5, 0.6) is 0 Å². The molecule has 2 heteroatoms. The van der Waals surface area contributed by atoms with Crippen LogP contribution in [0.1, 0.15) is 18.9 Å². The molecule has 0 heterocycles. The van der Waals surface area contributed by atoms with E-state index in [0.29, 0.717) is 0 Å². The van der Waals surface area contributed by atoms with E-state index < -0.39 is 0 Å². The zero-order valence-corrected chi connectivity index (χ0v) is 10.4. The van der Waals surface area contributed by atoms with Crippen LogP contribution in [0.25, 0.3) is 0 Å². The number of allylic oxidation sites excluding steroid dienone is 1. The maximum Gasteiger partial charge on any atom is 0.0661 e. The van der Waals surface area contributed by atoms with Crippen LogP contribution in [-0.4, -0.2) is 26.4 Å². The largest absolute Gasteiger partial charge is 0.377 e. The van der Waals surface area contributed by atoms with E-state index >= 15 is 0 Å². The Balaban J connectivity index is 3.14. The average Bonchev–Trinajstić information content (AvgIpc) is 2.30. The van der Waals surface area contributed by atoms with Crippen molar-refractivity contribution in [1.82, 2.24) is 0 Å². The van der Waals surface area contributed by atoms with Crippen LogP contribution in [0.15, 0.2) is 41.9 Å². The van der Waals surface area contributed by atoms with Gasteiger partial charge in [0.15, 0.2) is 0 Å². The lowest BCUT2D eigenvalue weighted by Gasteiger charge is -2.17. The third-order valence-corrected chi connectivity index (χ3v) is 2.36. The number of para-hydroxylation sites is 1. The van der Waals surface area contributed by atoms with Crippen molar-refractivity contribution in [2.75, 3.05) is 25.5 Å². The van der Waals surface area contributed by atoms with Gasteiger partial charge < -0.3 is 4.90 Å². The smallest absolute Gasteiger partial charge is 0.0661 e. The maximum atomic E-state index is 4.55. The number of hydrogen-bond acceptors (Lipinski definition) is 2. The summed E-state index contributed by atoms with van der Waals surface area (Å²) < 4.78 is 0. The highest BCUT2D eigenvalue weighted by atomic mass is 15.1. The van der Waals surface area contributed by atoms with Crippen molar-refractivity contribution in [3.8, 4) is 0 Å². The second-order valence-electron chi connectivity index (χ2n) is 3.88. The van der Waals surface area contributed by atoms with Gasteiger partial charge in [-0.15, -0.1) is 0 Å². The quantitative estimate of drug-likeness (QED) is 0.690. The fraction of sp³-hybridized carbons (Fsp3) is 0.357. The van der Waals surface area contributed by atoms with E-state index in [1.165, 1.54) is 5.69 Å². The van der Waals surface area contributed by atoms with Crippen LogP contribution in [0.2, 0.25) is 0 Å². The third kappa shape index (κ3) is 2.96. The summed E-state index contributed by atoms with van der Waals surface area (Å²) in [5, 5.41) is 0. The Bertz CT molecular complexity index is 378. The third-order valence-electron chi connectivity index (χ3n) is 2.36. The van der Waals surface area contributed by atoms with Crippen molar-refractivity contribution in [3.05, 3.63) is 42.5 Å². The second kappa shape index (κ2) is 6.11. The molecule has 1 aromatic rings. The SMILES string of the molecule is C=CC(=NCCC)c1ccccc1N(C)C. The summed E-state index contributed by atoms with van der Waals surface area (Å²) in [5.41, 5.74) is 3.30. The number of aliphatic imine (C=N–C) groups is 1. The molecule has 0 fully saturated rings. The van der Waals surface area contributed by atoms with Gasteiger partial charge in [-0.05, 0) is 18.6 Å². The fourth-order valence-corrected chi connectivity index (χ4v) is 1.57. The first-order valence-electron chi connectivity index (χ1n) is 5.64. The molecule has 0 saturated carbocycles. The molecule has 0 amide bonds. The van der Waals surface area contributed by atoms with Crippen LogP contribution in [0.3, 0.4) is 0 Å². The first-order valence-corrected chi connectivity index (χ1v) is 5.64. The molecule has 0 radical (unpaired) electrons. The Hall–Kier alpha value is -1.57. The summed E-state index contributed by atoms with van der Waals surface area (Å²) in [6.07, 6.45) is 2.89. The van der Waals surface area contributed by atoms with Crippen molar-refractivity contribution >= 4 is 11.4 Å². The highest BCUT2D eigenvalue weighted by Gasteiger charge is 2.06. The van der Waals surface area contributed by atoms with E-state index in [-0.39, 0.29) is 0 Å². The highest BCUT2D eigenvalue weighted by molar-refractivity contribution is 6.12. The zero-order chi connectivity index (χ0) is 12.0. The first-order chi connectivity index (χ1) is 7.70. The molecule has 0 bridgehead atoms. The van der Waals surface area contributed by atoms with E-state index in [2.05, 4.69) is 35.5 Å². The maximum absolute atomic E-state index is 4.55. The zero-order valence-electron chi connectivity index (χ0n) is 10.4. The van der Waals surface area contributed by atoms with E-state index in [4.69, 9.17) is 0 Å². The molecule has 0 aromatic heterocycles. The van der Waals surface area contributed by atoms with E-state index in [0.717, 1.165) is 24.2 Å². The summed E-state index contributed by atoms with van der Waals surface area (Å²) in [4.78, 5) is 6.64. The topological polar surface area (TPSA) is 15.6 Å². The van der Waals surface area contributed by atoms with Gasteiger partial charge in [-0.2, -0.15) is 0 Å². The van der Waals surface area contributed by atoms with Crippen molar-refractivity contribution in [1.29, 1.82) is 0 Å². The molecule has 0 unspecified atom stereocenters. The molecule has 0 aliphatic rings. The lowest BCUT2D eigenvalue weighted by Crippen LogP contribution is -2.13. The molecule has 0 saturated heterocycles. The minimum absolute atomic E-state index is 0.850. The van der Waals surface area contributed by atoms with Gasteiger partial charge in [-0.25, -0.2) is 0 Å². The Morgan fingerprint density at radius 2 is 2.06 bits per heavy atom. The summed E-state index contributed by atoms with van der Waals surface area (Å²) in [5.74, 6) is 0. The van der Waals surface area contributed by atoms with Crippen molar-refractivity contribution in [2.24, 2.45) is 4.99 Å². The second-order valence-corrected chi connectivity index (χ2v) is 3.88.